The molecule has 1 aromatic carbocycles. The standard InChI is InChI=1S/C13H18N2O/c1-2-14-13(16)15-12-9-5-7-10-6-3-4-8-11(10)12/h5,7,9H,2-4,6,8H2,1H3,(H2,14,15,16). The monoisotopic (exact) mass is 218 g/mol. The SMILES string of the molecule is CCNC(=O)Nc1cccc2c1CCCC2. The molecule has 1 aliphatic rings. The van der Waals surface area contributed by atoms with Crippen LogP contribution in [0.4, 0.5) is 10.5 Å². The predicted octanol–water partition coefficient (Wildman–Crippen LogP) is 2.71. The fraction of sp³-hybridized carbons (Fsp3) is 0.462. The van der Waals surface area contributed by atoms with E-state index < -0.39 is 0 Å². The number of hydrogen-bond acceptors (Lipinski definition) is 1. The van der Waals surface area contributed by atoms with Crippen molar-refractivity contribution >= 4 is 11.7 Å². The number of fused-ring (bicyclic) bond motifs is 1. The second kappa shape index (κ2) is 5.01. The first kappa shape index (κ1) is 11.0. The number of carbonyl (C=O) groups is 1. The molecule has 0 radical (unpaired) electrons. The lowest BCUT2D eigenvalue weighted by atomic mass is 9.90. The second-order valence-corrected chi connectivity index (χ2v) is 4.13. The molecule has 16 heavy (non-hydrogen) atoms. The van der Waals surface area contributed by atoms with E-state index in [1.165, 1.54) is 24.0 Å². The molecule has 86 valence electrons. The molecular weight excluding hydrogens is 200 g/mol. The number of rotatable bonds is 2. The summed E-state index contributed by atoms with van der Waals surface area (Å²) < 4.78 is 0. The number of anilines is 1. The number of urea groups is 1. The molecule has 0 spiro atoms. The fourth-order valence-electron chi connectivity index (χ4n) is 2.23. The van der Waals surface area contributed by atoms with Gasteiger partial charge in [0.1, 0.15) is 0 Å². The second-order valence-electron chi connectivity index (χ2n) is 4.13. The molecule has 0 atom stereocenters. The normalized spacial score (nSPS) is 14.1. The Morgan fingerprint density at radius 1 is 1.31 bits per heavy atom. The number of amides is 2. The third-order valence-electron chi connectivity index (χ3n) is 2.98. The van der Waals surface area contributed by atoms with Gasteiger partial charge in [0, 0.05) is 12.2 Å². The van der Waals surface area contributed by atoms with E-state index in [-0.39, 0.29) is 6.03 Å². The number of carbonyl (C=O) groups excluding carboxylic acids is 1. The van der Waals surface area contributed by atoms with Gasteiger partial charge in [0.25, 0.3) is 0 Å². The van der Waals surface area contributed by atoms with Crippen LogP contribution in [0.25, 0.3) is 0 Å². The van der Waals surface area contributed by atoms with Gasteiger partial charge in [-0.05, 0) is 49.8 Å². The van der Waals surface area contributed by atoms with E-state index in [1.807, 2.05) is 19.1 Å². The maximum absolute atomic E-state index is 11.5. The number of hydrogen-bond donors (Lipinski definition) is 2. The molecule has 3 heteroatoms. The van der Waals surface area contributed by atoms with Crippen LogP contribution in [-0.2, 0) is 12.8 Å². The summed E-state index contributed by atoms with van der Waals surface area (Å²) in [7, 11) is 0. The minimum atomic E-state index is -0.110. The third kappa shape index (κ3) is 2.35. The van der Waals surface area contributed by atoms with Crippen molar-refractivity contribution in [1.29, 1.82) is 0 Å². The van der Waals surface area contributed by atoms with Crippen molar-refractivity contribution < 1.29 is 4.79 Å². The lowest BCUT2D eigenvalue weighted by Crippen LogP contribution is -2.29. The Bertz CT molecular complexity index is 388. The Balaban J connectivity index is 2.17. The van der Waals surface area contributed by atoms with Gasteiger partial charge in [0.15, 0.2) is 0 Å². The maximum Gasteiger partial charge on any atom is 0.319 e. The molecule has 3 nitrogen and oxygen atoms in total. The summed E-state index contributed by atoms with van der Waals surface area (Å²) in [5.41, 5.74) is 3.68. The molecule has 1 aromatic rings. The van der Waals surface area contributed by atoms with Gasteiger partial charge in [-0.25, -0.2) is 4.79 Å². The molecule has 2 N–H and O–H groups in total. The number of aryl methyl sites for hydroxylation is 1. The van der Waals surface area contributed by atoms with Gasteiger partial charge in [-0.1, -0.05) is 12.1 Å². The molecule has 0 fully saturated rings. The van der Waals surface area contributed by atoms with Crippen molar-refractivity contribution in [2.75, 3.05) is 11.9 Å². The molecule has 0 heterocycles. The first-order valence-corrected chi connectivity index (χ1v) is 5.97. The molecule has 0 saturated carbocycles. The van der Waals surface area contributed by atoms with Gasteiger partial charge in [0.05, 0.1) is 0 Å². The van der Waals surface area contributed by atoms with Crippen molar-refractivity contribution in [3.63, 3.8) is 0 Å². The molecule has 0 saturated heterocycles. The van der Waals surface area contributed by atoms with Crippen molar-refractivity contribution in [2.24, 2.45) is 0 Å². The first-order valence-electron chi connectivity index (χ1n) is 5.97. The van der Waals surface area contributed by atoms with E-state index in [4.69, 9.17) is 0 Å². The molecular formula is C13H18N2O. The van der Waals surface area contributed by atoms with Crippen LogP contribution in [-0.4, -0.2) is 12.6 Å². The molecule has 1 aliphatic carbocycles. The topological polar surface area (TPSA) is 41.1 Å². The Morgan fingerprint density at radius 2 is 2.12 bits per heavy atom. The van der Waals surface area contributed by atoms with Crippen molar-refractivity contribution in [3.8, 4) is 0 Å². The molecule has 0 unspecified atom stereocenters. The van der Waals surface area contributed by atoms with Crippen LogP contribution < -0.4 is 10.6 Å². The van der Waals surface area contributed by atoms with Gasteiger partial charge in [0.2, 0.25) is 0 Å². The van der Waals surface area contributed by atoms with Gasteiger partial charge < -0.3 is 10.6 Å². The van der Waals surface area contributed by atoms with Gasteiger partial charge in [-0.15, -0.1) is 0 Å². The smallest absolute Gasteiger partial charge is 0.319 e. The average molecular weight is 218 g/mol. The number of nitrogens with one attached hydrogen (secondary N) is 2. The largest absolute Gasteiger partial charge is 0.338 e. The number of benzene rings is 1. The van der Waals surface area contributed by atoms with E-state index in [1.54, 1.807) is 0 Å². The van der Waals surface area contributed by atoms with E-state index in [2.05, 4.69) is 16.7 Å². The molecule has 2 rings (SSSR count). The van der Waals surface area contributed by atoms with Crippen molar-refractivity contribution in [1.82, 2.24) is 5.32 Å². The van der Waals surface area contributed by atoms with Crippen LogP contribution in [0.15, 0.2) is 18.2 Å². The van der Waals surface area contributed by atoms with E-state index >= 15 is 0 Å². The Kier molecular flexibility index (Phi) is 3.44. The summed E-state index contributed by atoms with van der Waals surface area (Å²) in [6.45, 7) is 2.57. The van der Waals surface area contributed by atoms with Crippen LogP contribution in [0.1, 0.15) is 30.9 Å². The highest BCUT2D eigenvalue weighted by Crippen LogP contribution is 2.27. The lowest BCUT2D eigenvalue weighted by Gasteiger charge is -2.19. The maximum atomic E-state index is 11.5. The Hall–Kier alpha value is -1.51. The van der Waals surface area contributed by atoms with Crippen LogP contribution in [0.5, 0.6) is 0 Å². The zero-order valence-corrected chi connectivity index (χ0v) is 9.68. The quantitative estimate of drug-likeness (QED) is 0.787. The molecule has 0 bridgehead atoms. The van der Waals surface area contributed by atoms with E-state index in [0.29, 0.717) is 6.54 Å². The Labute approximate surface area is 96.2 Å². The highest BCUT2D eigenvalue weighted by molar-refractivity contribution is 5.90. The first-order chi connectivity index (χ1) is 7.81. The van der Waals surface area contributed by atoms with Crippen LogP contribution in [0, 0.1) is 0 Å². The Morgan fingerprint density at radius 3 is 2.94 bits per heavy atom. The fourth-order valence-corrected chi connectivity index (χ4v) is 2.23. The summed E-state index contributed by atoms with van der Waals surface area (Å²) in [5, 5.41) is 5.67. The van der Waals surface area contributed by atoms with Gasteiger partial charge >= 0.3 is 6.03 Å². The van der Waals surface area contributed by atoms with Crippen LogP contribution >= 0.6 is 0 Å². The zero-order chi connectivity index (χ0) is 11.4. The summed E-state index contributed by atoms with van der Waals surface area (Å²) in [4.78, 5) is 11.5. The zero-order valence-electron chi connectivity index (χ0n) is 9.68. The lowest BCUT2D eigenvalue weighted by molar-refractivity contribution is 0.252. The summed E-state index contributed by atoms with van der Waals surface area (Å²) in [5.74, 6) is 0. The summed E-state index contributed by atoms with van der Waals surface area (Å²) >= 11 is 0. The van der Waals surface area contributed by atoms with Gasteiger partial charge in [-0.2, -0.15) is 0 Å². The minimum Gasteiger partial charge on any atom is -0.338 e. The highest BCUT2D eigenvalue weighted by Gasteiger charge is 2.13. The van der Waals surface area contributed by atoms with Crippen molar-refractivity contribution in [2.45, 2.75) is 32.6 Å². The third-order valence-corrected chi connectivity index (χ3v) is 2.98. The predicted molar refractivity (Wildman–Crippen MR) is 65.8 cm³/mol. The molecule has 0 aromatic heterocycles. The summed E-state index contributed by atoms with van der Waals surface area (Å²) in [6.07, 6.45) is 4.71. The summed E-state index contributed by atoms with van der Waals surface area (Å²) in [6, 6.07) is 6.06. The molecule has 0 aliphatic heterocycles. The molecule has 2 amide bonds. The van der Waals surface area contributed by atoms with Crippen molar-refractivity contribution in [3.05, 3.63) is 29.3 Å². The van der Waals surface area contributed by atoms with Crippen LogP contribution in [0.2, 0.25) is 0 Å². The average Bonchev–Trinajstić information content (AvgIpc) is 2.30. The van der Waals surface area contributed by atoms with E-state index in [9.17, 15) is 4.79 Å². The highest BCUT2D eigenvalue weighted by atomic mass is 16.2. The van der Waals surface area contributed by atoms with Gasteiger partial charge in [-0.3, -0.25) is 0 Å². The van der Waals surface area contributed by atoms with E-state index in [0.717, 1.165) is 18.5 Å². The van der Waals surface area contributed by atoms with Crippen LogP contribution in [0.3, 0.4) is 0 Å². The minimum absolute atomic E-state index is 0.110.